The van der Waals surface area contributed by atoms with Crippen molar-refractivity contribution in [2.75, 3.05) is 19.0 Å². The molecule has 0 bridgehead atoms. The average Bonchev–Trinajstić information content (AvgIpc) is 2.35. The summed E-state index contributed by atoms with van der Waals surface area (Å²) in [5.41, 5.74) is 0.715. The van der Waals surface area contributed by atoms with E-state index >= 15 is 0 Å². The van der Waals surface area contributed by atoms with E-state index in [1.807, 2.05) is 0 Å². The van der Waals surface area contributed by atoms with Crippen molar-refractivity contribution in [3.8, 4) is 0 Å². The number of esters is 1. The highest BCUT2D eigenvalue weighted by Crippen LogP contribution is 2.26. The average molecular weight is 319 g/mol. The number of carbonyl (C=O) groups is 1. The first-order valence-electron chi connectivity index (χ1n) is 4.97. The molecule has 0 atom stereocenters. The van der Waals surface area contributed by atoms with Gasteiger partial charge in [0.15, 0.2) is 0 Å². The van der Waals surface area contributed by atoms with Crippen LogP contribution in [-0.4, -0.2) is 24.5 Å². The lowest BCUT2D eigenvalue weighted by Gasteiger charge is -2.05. The molecule has 1 rings (SSSR count). The van der Waals surface area contributed by atoms with Crippen LogP contribution in [0.15, 0.2) is 34.8 Å². The van der Waals surface area contributed by atoms with E-state index in [-0.39, 0.29) is 5.69 Å². The topological polar surface area (TPSA) is 81.5 Å². The molecule has 1 aromatic rings. The number of hydrogen-bond acceptors (Lipinski definition) is 5. The Bertz CT molecular complexity index is 488. The van der Waals surface area contributed by atoms with Gasteiger partial charge in [0.25, 0.3) is 5.69 Å². The summed E-state index contributed by atoms with van der Waals surface area (Å²) in [7, 11) is 1.30. The highest BCUT2D eigenvalue weighted by atomic mass is 79.9. The highest BCUT2D eigenvalue weighted by Gasteiger charge is 2.08. The van der Waals surface area contributed by atoms with Crippen LogP contribution in [0, 0.1) is 10.1 Å². The summed E-state index contributed by atoms with van der Waals surface area (Å²) in [6, 6.07) is 4.40. The fourth-order valence-corrected chi connectivity index (χ4v) is 1.66. The summed E-state index contributed by atoms with van der Waals surface area (Å²) in [5.74, 6) is -0.431. The second-order valence-electron chi connectivity index (χ2n) is 3.23. The van der Waals surface area contributed by atoms with Crippen LogP contribution < -0.4 is 5.32 Å². The van der Waals surface area contributed by atoms with Crippen molar-refractivity contribution < 1.29 is 14.5 Å². The molecule has 0 fully saturated rings. The molecule has 0 saturated carbocycles. The van der Waals surface area contributed by atoms with Crippen LogP contribution >= 0.6 is 15.9 Å². The summed E-state index contributed by atoms with van der Waals surface area (Å²) in [5, 5.41) is 13.5. The summed E-state index contributed by atoms with van der Waals surface area (Å²) in [6.45, 7) is 0.408. The number of carbonyl (C=O) groups excluding carboxylic acids is 1. The van der Waals surface area contributed by atoms with Crippen molar-refractivity contribution in [2.45, 2.75) is 0 Å². The van der Waals surface area contributed by atoms with E-state index in [1.54, 1.807) is 12.1 Å². The number of halogens is 1. The number of hydrogen-bond donors (Lipinski definition) is 1. The van der Waals surface area contributed by atoms with E-state index in [9.17, 15) is 14.9 Å². The Labute approximate surface area is 112 Å². The second kappa shape index (κ2) is 6.75. The predicted molar refractivity (Wildman–Crippen MR) is 70.4 cm³/mol. The molecule has 0 amide bonds. The zero-order chi connectivity index (χ0) is 13.5. The quantitative estimate of drug-likeness (QED) is 0.390. The molecule has 7 heteroatoms. The van der Waals surface area contributed by atoms with E-state index in [0.717, 1.165) is 0 Å². The Kier molecular flexibility index (Phi) is 5.31. The smallest absolute Gasteiger partial charge is 0.330 e. The predicted octanol–water partition coefficient (Wildman–Crippen LogP) is 2.50. The number of anilines is 1. The minimum absolute atomic E-state index is 0.0116. The van der Waals surface area contributed by atoms with Gasteiger partial charge in [-0.3, -0.25) is 10.1 Å². The van der Waals surface area contributed by atoms with E-state index < -0.39 is 10.9 Å². The van der Waals surface area contributed by atoms with Gasteiger partial charge in [0.2, 0.25) is 0 Å². The molecular weight excluding hydrogens is 308 g/mol. The fourth-order valence-electron chi connectivity index (χ4n) is 1.15. The van der Waals surface area contributed by atoms with Gasteiger partial charge in [0.1, 0.15) is 0 Å². The lowest BCUT2D eigenvalue weighted by atomic mass is 10.3. The Morgan fingerprint density at radius 3 is 2.94 bits per heavy atom. The molecule has 0 unspecified atom stereocenters. The Morgan fingerprint density at radius 2 is 2.39 bits per heavy atom. The van der Waals surface area contributed by atoms with Crippen LogP contribution in [-0.2, 0) is 9.53 Å². The third-order valence-corrected chi connectivity index (χ3v) is 2.69. The minimum Gasteiger partial charge on any atom is -0.466 e. The third-order valence-electron chi connectivity index (χ3n) is 2.03. The van der Waals surface area contributed by atoms with Crippen molar-refractivity contribution in [1.29, 1.82) is 0 Å². The van der Waals surface area contributed by atoms with Crippen molar-refractivity contribution in [1.82, 2.24) is 0 Å². The molecule has 6 nitrogen and oxygen atoms in total. The molecule has 96 valence electrons. The maximum absolute atomic E-state index is 10.8. The van der Waals surface area contributed by atoms with E-state index in [2.05, 4.69) is 26.0 Å². The number of nitrogens with one attached hydrogen (secondary N) is 1. The summed E-state index contributed by atoms with van der Waals surface area (Å²) in [4.78, 5) is 20.9. The van der Waals surface area contributed by atoms with Crippen molar-refractivity contribution >= 4 is 33.3 Å². The highest BCUT2D eigenvalue weighted by molar-refractivity contribution is 9.10. The summed E-state index contributed by atoms with van der Waals surface area (Å²) in [6.07, 6.45) is 2.89. The van der Waals surface area contributed by atoms with Crippen LogP contribution in [0.1, 0.15) is 0 Å². The van der Waals surface area contributed by atoms with Crippen LogP contribution in [0.2, 0.25) is 0 Å². The van der Waals surface area contributed by atoms with Gasteiger partial charge in [-0.1, -0.05) is 6.08 Å². The first-order chi connectivity index (χ1) is 8.54. The van der Waals surface area contributed by atoms with Gasteiger partial charge in [0, 0.05) is 34.9 Å². The Hall–Kier alpha value is -1.89. The molecule has 0 heterocycles. The van der Waals surface area contributed by atoms with Gasteiger partial charge in [-0.15, -0.1) is 0 Å². The number of nitro groups is 1. The number of non-ortho nitro benzene ring substituents is 1. The summed E-state index contributed by atoms with van der Waals surface area (Å²) >= 11 is 3.23. The van der Waals surface area contributed by atoms with Crippen LogP contribution in [0.25, 0.3) is 0 Å². The van der Waals surface area contributed by atoms with Crippen molar-refractivity contribution in [3.05, 3.63) is 44.9 Å². The van der Waals surface area contributed by atoms with Crippen LogP contribution in [0.3, 0.4) is 0 Å². The van der Waals surface area contributed by atoms with Gasteiger partial charge in [-0.25, -0.2) is 4.79 Å². The molecule has 0 aliphatic rings. The normalized spacial score (nSPS) is 10.3. The number of methoxy groups -OCH3 is 1. The maximum Gasteiger partial charge on any atom is 0.330 e. The van der Waals surface area contributed by atoms with Gasteiger partial charge in [-0.05, 0) is 22.0 Å². The van der Waals surface area contributed by atoms with Gasteiger partial charge in [0.05, 0.1) is 12.0 Å². The maximum atomic E-state index is 10.8. The standard InChI is InChI=1S/C11H11BrN2O4/c1-18-11(15)3-2-6-13-10-5-4-8(14(16)17)7-9(10)12/h2-5,7,13H,6H2,1H3/b3-2+/i3+2,11+2. The molecule has 1 N–H and O–H groups in total. The molecule has 0 aliphatic carbocycles. The molecule has 0 aromatic heterocycles. The van der Waals surface area contributed by atoms with Crippen LogP contribution in [0.5, 0.6) is 0 Å². The Morgan fingerprint density at radius 1 is 1.67 bits per heavy atom. The lowest BCUT2D eigenvalue weighted by Crippen LogP contribution is -2.01. The first-order valence-corrected chi connectivity index (χ1v) is 5.76. The van der Waals surface area contributed by atoms with E-state index in [4.69, 9.17) is 0 Å². The fraction of sp³-hybridized carbons (Fsp3) is 0.182. The molecule has 0 saturated heterocycles. The van der Waals surface area contributed by atoms with Crippen molar-refractivity contribution in [2.24, 2.45) is 0 Å². The largest absolute Gasteiger partial charge is 0.466 e. The third kappa shape index (κ3) is 4.17. The molecule has 0 radical (unpaired) electrons. The SMILES string of the molecule is CO[14C](=O)/[14CH]=C/CNc1ccc([N+](=O)[O-])cc1Br. The molecule has 1 aromatic carbocycles. The van der Waals surface area contributed by atoms with Gasteiger partial charge >= 0.3 is 5.97 Å². The molecule has 0 aliphatic heterocycles. The zero-order valence-electron chi connectivity index (χ0n) is 9.55. The number of rotatable bonds is 5. The number of nitrogens with zero attached hydrogens (tertiary/aromatic N) is 1. The van der Waals surface area contributed by atoms with Crippen LogP contribution in [0.4, 0.5) is 11.4 Å². The Balaban J connectivity index is 2.61. The van der Waals surface area contributed by atoms with E-state index in [1.165, 1.54) is 25.3 Å². The van der Waals surface area contributed by atoms with E-state index in [0.29, 0.717) is 16.7 Å². The minimum atomic E-state index is -0.467. The number of nitro benzene ring substituents is 1. The number of ether oxygens (including phenoxy) is 1. The monoisotopic (exact) mass is 318 g/mol. The molecular formula is C11H11BrN2O4. The lowest BCUT2D eigenvalue weighted by molar-refractivity contribution is -0.384. The second-order valence-corrected chi connectivity index (χ2v) is 4.08. The van der Waals surface area contributed by atoms with Crippen molar-refractivity contribution in [3.63, 3.8) is 0 Å². The first kappa shape index (κ1) is 14.2. The summed E-state index contributed by atoms with van der Waals surface area (Å²) < 4.78 is 5.02. The molecule has 18 heavy (non-hydrogen) atoms. The number of benzene rings is 1. The molecule has 0 spiro atoms. The zero-order valence-corrected chi connectivity index (χ0v) is 11.1. The van der Waals surface area contributed by atoms with Gasteiger partial charge in [-0.2, -0.15) is 0 Å². The van der Waals surface area contributed by atoms with Gasteiger partial charge < -0.3 is 10.1 Å².